The molecule has 1 aliphatic rings. The lowest BCUT2D eigenvalue weighted by atomic mass is 10.0. The molecular formula is C17H27FN2O. The van der Waals surface area contributed by atoms with Gasteiger partial charge in [0.15, 0.2) is 0 Å². The van der Waals surface area contributed by atoms with E-state index in [-0.39, 0.29) is 5.82 Å². The fourth-order valence-corrected chi connectivity index (χ4v) is 2.82. The van der Waals surface area contributed by atoms with E-state index in [4.69, 9.17) is 4.74 Å². The Kier molecular flexibility index (Phi) is 6.00. The predicted molar refractivity (Wildman–Crippen MR) is 85.2 cm³/mol. The van der Waals surface area contributed by atoms with Crippen LogP contribution in [-0.4, -0.2) is 31.8 Å². The second-order valence-electron chi connectivity index (χ2n) is 5.95. The van der Waals surface area contributed by atoms with Gasteiger partial charge in [0.1, 0.15) is 5.82 Å². The Morgan fingerprint density at radius 2 is 2.05 bits per heavy atom. The molecule has 3 nitrogen and oxygen atoms in total. The van der Waals surface area contributed by atoms with Crippen molar-refractivity contribution in [3.05, 3.63) is 29.6 Å². The van der Waals surface area contributed by atoms with Crippen LogP contribution in [0, 0.1) is 5.82 Å². The minimum absolute atomic E-state index is 0.163. The standard InChI is InChI=1S/C17H27FN2O/c1-4-21-16-7-9-20(10-8-16)17-6-5-15(18)11-14(17)12-19-13(2)3/h5-6,11,13,16,19H,4,7-10,12H2,1-3H3. The average Bonchev–Trinajstić information content (AvgIpc) is 2.46. The van der Waals surface area contributed by atoms with Crippen LogP contribution in [0.1, 0.15) is 39.2 Å². The number of halogens is 1. The van der Waals surface area contributed by atoms with Gasteiger partial charge in [0, 0.05) is 38.0 Å². The van der Waals surface area contributed by atoms with E-state index in [0.29, 0.717) is 18.7 Å². The second kappa shape index (κ2) is 7.76. The van der Waals surface area contributed by atoms with Gasteiger partial charge in [-0.2, -0.15) is 0 Å². The molecular weight excluding hydrogens is 267 g/mol. The van der Waals surface area contributed by atoms with E-state index < -0.39 is 0 Å². The summed E-state index contributed by atoms with van der Waals surface area (Å²) < 4.78 is 19.2. The Labute approximate surface area is 127 Å². The van der Waals surface area contributed by atoms with Gasteiger partial charge in [-0.15, -0.1) is 0 Å². The molecule has 4 heteroatoms. The number of rotatable bonds is 6. The molecule has 1 N–H and O–H groups in total. The molecule has 0 amide bonds. The molecule has 0 bridgehead atoms. The van der Waals surface area contributed by atoms with E-state index in [1.165, 1.54) is 0 Å². The first-order valence-corrected chi connectivity index (χ1v) is 7.98. The lowest BCUT2D eigenvalue weighted by Crippen LogP contribution is -2.38. The number of hydrogen-bond acceptors (Lipinski definition) is 3. The second-order valence-corrected chi connectivity index (χ2v) is 5.95. The van der Waals surface area contributed by atoms with Crippen LogP contribution in [0.2, 0.25) is 0 Å². The highest BCUT2D eigenvalue weighted by atomic mass is 19.1. The zero-order chi connectivity index (χ0) is 15.2. The number of anilines is 1. The van der Waals surface area contributed by atoms with Crippen LogP contribution in [0.25, 0.3) is 0 Å². The largest absolute Gasteiger partial charge is 0.378 e. The summed E-state index contributed by atoms with van der Waals surface area (Å²) in [6.07, 6.45) is 2.47. The van der Waals surface area contributed by atoms with E-state index in [1.54, 1.807) is 12.1 Å². The summed E-state index contributed by atoms with van der Waals surface area (Å²) in [5.74, 6) is -0.163. The fourth-order valence-electron chi connectivity index (χ4n) is 2.82. The van der Waals surface area contributed by atoms with E-state index in [9.17, 15) is 4.39 Å². The SMILES string of the molecule is CCOC1CCN(c2ccc(F)cc2CNC(C)C)CC1. The first kappa shape index (κ1) is 16.2. The first-order valence-electron chi connectivity index (χ1n) is 7.98. The van der Waals surface area contributed by atoms with Crippen LogP contribution < -0.4 is 10.2 Å². The number of nitrogens with one attached hydrogen (secondary N) is 1. The summed E-state index contributed by atoms with van der Waals surface area (Å²) >= 11 is 0. The number of nitrogens with zero attached hydrogens (tertiary/aromatic N) is 1. The zero-order valence-corrected chi connectivity index (χ0v) is 13.4. The van der Waals surface area contributed by atoms with Crippen LogP contribution in [0.5, 0.6) is 0 Å². The van der Waals surface area contributed by atoms with Gasteiger partial charge in [0.05, 0.1) is 6.10 Å². The number of ether oxygens (including phenoxy) is 1. The molecule has 2 rings (SSSR count). The maximum absolute atomic E-state index is 13.5. The Bertz CT molecular complexity index is 442. The van der Waals surface area contributed by atoms with Crippen molar-refractivity contribution in [3.63, 3.8) is 0 Å². The molecule has 0 spiro atoms. The molecule has 1 fully saturated rings. The molecule has 0 aliphatic carbocycles. The van der Waals surface area contributed by atoms with E-state index in [0.717, 1.165) is 43.8 Å². The molecule has 1 aromatic rings. The van der Waals surface area contributed by atoms with E-state index in [2.05, 4.69) is 24.1 Å². The van der Waals surface area contributed by atoms with Crippen molar-refractivity contribution in [2.45, 2.75) is 52.3 Å². The van der Waals surface area contributed by atoms with Crippen LogP contribution in [-0.2, 0) is 11.3 Å². The fraction of sp³-hybridized carbons (Fsp3) is 0.647. The van der Waals surface area contributed by atoms with Crippen LogP contribution in [0.15, 0.2) is 18.2 Å². The molecule has 0 radical (unpaired) electrons. The molecule has 1 aliphatic heterocycles. The first-order chi connectivity index (χ1) is 10.1. The highest BCUT2D eigenvalue weighted by Crippen LogP contribution is 2.26. The maximum atomic E-state index is 13.5. The van der Waals surface area contributed by atoms with Gasteiger partial charge >= 0.3 is 0 Å². The average molecular weight is 294 g/mol. The Hall–Kier alpha value is -1.13. The van der Waals surface area contributed by atoms with Gasteiger partial charge in [-0.25, -0.2) is 4.39 Å². The predicted octanol–water partition coefficient (Wildman–Crippen LogP) is 3.33. The summed E-state index contributed by atoms with van der Waals surface area (Å²) in [5.41, 5.74) is 2.19. The van der Waals surface area contributed by atoms with Crippen molar-refractivity contribution in [1.29, 1.82) is 0 Å². The van der Waals surface area contributed by atoms with Gasteiger partial charge in [0.2, 0.25) is 0 Å². The number of piperidine rings is 1. The Balaban J connectivity index is 2.05. The summed E-state index contributed by atoms with van der Waals surface area (Å²) in [4.78, 5) is 2.35. The van der Waals surface area contributed by atoms with Gasteiger partial charge in [0.25, 0.3) is 0 Å². The van der Waals surface area contributed by atoms with Crippen molar-refractivity contribution < 1.29 is 9.13 Å². The summed E-state index contributed by atoms with van der Waals surface area (Å²) in [7, 11) is 0. The quantitative estimate of drug-likeness (QED) is 0.871. The van der Waals surface area contributed by atoms with Crippen molar-refractivity contribution in [3.8, 4) is 0 Å². The van der Waals surface area contributed by atoms with Crippen LogP contribution in [0.3, 0.4) is 0 Å². The molecule has 0 atom stereocenters. The molecule has 0 unspecified atom stereocenters. The minimum Gasteiger partial charge on any atom is -0.378 e. The van der Waals surface area contributed by atoms with E-state index in [1.807, 2.05) is 13.0 Å². The van der Waals surface area contributed by atoms with Gasteiger partial charge in [-0.1, -0.05) is 13.8 Å². The zero-order valence-electron chi connectivity index (χ0n) is 13.4. The molecule has 1 saturated heterocycles. The Morgan fingerprint density at radius 1 is 1.33 bits per heavy atom. The lowest BCUT2D eigenvalue weighted by molar-refractivity contribution is 0.0459. The summed E-state index contributed by atoms with van der Waals surface area (Å²) in [6, 6.07) is 5.51. The molecule has 0 saturated carbocycles. The molecule has 21 heavy (non-hydrogen) atoms. The monoisotopic (exact) mass is 294 g/mol. The molecule has 0 aromatic heterocycles. The van der Waals surface area contributed by atoms with Crippen LogP contribution in [0.4, 0.5) is 10.1 Å². The highest BCUT2D eigenvalue weighted by Gasteiger charge is 2.21. The lowest BCUT2D eigenvalue weighted by Gasteiger charge is -2.34. The third kappa shape index (κ3) is 4.68. The molecule has 118 valence electrons. The van der Waals surface area contributed by atoms with Crippen molar-refractivity contribution >= 4 is 5.69 Å². The minimum atomic E-state index is -0.163. The van der Waals surface area contributed by atoms with Crippen molar-refractivity contribution in [2.75, 3.05) is 24.6 Å². The Morgan fingerprint density at radius 3 is 2.67 bits per heavy atom. The summed E-state index contributed by atoms with van der Waals surface area (Å²) in [5, 5.41) is 3.38. The van der Waals surface area contributed by atoms with Gasteiger partial charge < -0.3 is 15.0 Å². The smallest absolute Gasteiger partial charge is 0.123 e. The third-order valence-corrected chi connectivity index (χ3v) is 3.93. The highest BCUT2D eigenvalue weighted by molar-refractivity contribution is 5.54. The van der Waals surface area contributed by atoms with Gasteiger partial charge in [-0.05, 0) is 43.5 Å². The van der Waals surface area contributed by atoms with Crippen molar-refractivity contribution in [2.24, 2.45) is 0 Å². The third-order valence-electron chi connectivity index (χ3n) is 3.93. The van der Waals surface area contributed by atoms with Crippen molar-refractivity contribution in [1.82, 2.24) is 5.32 Å². The molecule has 1 heterocycles. The van der Waals surface area contributed by atoms with Crippen LogP contribution >= 0.6 is 0 Å². The van der Waals surface area contributed by atoms with E-state index >= 15 is 0 Å². The number of benzene rings is 1. The normalized spacial score (nSPS) is 16.7. The molecule has 1 aromatic carbocycles. The number of hydrogen-bond donors (Lipinski definition) is 1. The summed E-state index contributed by atoms with van der Waals surface area (Å²) in [6.45, 7) is 9.69. The maximum Gasteiger partial charge on any atom is 0.123 e. The van der Waals surface area contributed by atoms with Gasteiger partial charge in [-0.3, -0.25) is 0 Å². The topological polar surface area (TPSA) is 24.5 Å².